The molecule has 2 heterocycles. The normalized spacial score (nSPS) is 18.1. The number of nitrogens with one attached hydrogen (secondary N) is 1. The molecule has 1 fully saturated rings. The first-order valence-corrected chi connectivity index (χ1v) is 10.9. The van der Waals surface area contributed by atoms with Crippen molar-refractivity contribution in [1.29, 1.82) is 0 Å². The number of rotatable bonds is 3. The van der Waals surface area contributed by atoms with Gasteiger partial charge in [0.2, 0.25) is 0 Å². The molecule has 1 aromatic heterocycles. The van der Waals surface area contributed by atoms with Crippen molar-refractivity contribution in [3.8, 4) is 0 Å². The van der Waals surface area contributed by atoms with Crippen LogP contribution in [0.2, 0.25) is 0 Å². The van der Waals surface area contributed by atoms with Gasteiger partial charge in [0.25, 0.3) is 5.91 Å². The van der Waals surface area contributed by atoms with Gasteiger partial charge in [0.15, 0.2) is 0 Å². The number of hydrogen-bond acceptors (Lipinski definition) is 5. The van der Waals surface area contributed by atoms with Gasteiger partial charge in [0.05, 0.1) is 0 Å². The Bertz CT molecular complexity index is 708. The molecule has 2 amide bonds. The summed E-state index contributed by atoms with van der Waals surface area (Å²) >= 11 is 0. The lowest BCUT2D eigenvalue weighted by Gasteiger charge is -2.24. The summed E-state index contributed by atoms with van der Waals surface area (Å²) < 4.78 is 17.5. The maximum atomic E-state index is 12.4. The first-order chi connectivity index (χ1) is 11.5. The molecule has 2 rings (SSSR count). The molecule has 1 aliphatic heterocycles. The van der Waals surface area contributed by atoms with E-state index in [-0.39, 0.29) is 18.0 Å². The molecule has 7 nitrogen and oxygen atoms in total. The zero-order valence-electron chi connectivity index (χ0n) is 15.4. The summed E-state index contributed by atoms with van der Waals surface area (Å²) in [5, 5.41) is 2.92. The minimum atomic E-state index is -2.52. The molecule has 1 N–H and O–H groups in total. The average molecular weight is 367 g/mol. The van der Waals surface area contributed by atoms with Gasteiger partial charge in [0, 0.05) is 30.9 Å². The average Bonchev–Trinajstić information content (AvgIpc) is 2.93. The van der Waals surface area contributed by atoms with Gasteiger partial charge >= 0.3 is 6.09 Å². The second kappa shape index (κ2) is 7.16. The number of carbonyl (C=O) groups is 2. The predicted molar refractivity (Wildman–Crippen MR) is 97.0 cm³/mol. The van der Waals surface area contributed by atoms with Crippen LogP contribution in [0.25, 0.3) is 0 Å². The minimum absolute atomic E-state index is 0.133. The van der Waals surface area contributed by atoms with E-state index in [2.05, 4.69) is 10.3 Å². The molecular formula is C17H26N3O4P. The van der Waals surface area contributed by atoms with E-state index in [4.69, 9.17) is 4.74 Å². The molecule has 1 saturated heterocycles. The highest BCUT2D eigenvalue weighted by Crippen LogP contribution is 2.33. The number of ether oxygens (including phenoxy) is 1. The van der Waals surface area contributed by atoms with Crippen LogP contribution >= 0.6 is 7.14 Å². The van der Waals surface area contributed by atoms with Gasteiger partial charge < -0.3 is 19.5 Å². The van der Waals surface area contributed by atoms with E-state index < -0.39 is 12.7 Å². The molecule has 0 spiro atoms. The largest absolute Gasteiger partial charge is 0.444 e. The molecule has 138 valence electrons. The van der Waals surface area contributed by atoms with E-state index in [1.165, 1.54) is 6.20 Å². The van der Waals surface area contributed by atoms with Crippen molar-refractivity contribution in [3.05, 3.63) is 23.9 Å². The molecule has 25 heavy (non-hydrogen) atoms. The van der Waals surface area contributed by atoms with Gasteiger partial charge in [-0.3, -0.25) is 9.78 Å². The number of likely N-dealkylation sites (tertiary alicyclic amines) is 1. The summed E-state index contributed by atoms with van der Waals surface area (Å²) in [6.07, 6.45) is 1.79. The maximum Gasteiger partial charge on any atom is 0.410 e. The van der Waals surface area contributed by atoms with Crippen LogP contribution in [0.3, 0.4) is 0 Å². The second-order valence-corrected chi connectivity index (χ2v) is 10.8. The van der Waals surface area contributed by atoms with Crippen LogP contribution in [-0.4, -0.2) is 59.9 Å². The number of pyridine rings is 1. The molecule has 1 unspecified atom stereocenters. The van der Waals surface area contributed by atoms with E-state index in [1.54, 1.807) is 30.4 Å². The van der Waals surface area contributed by atoms with Crippen LogP contribution < -0.4 is 10.8 Å². The Morgan fingerprint density at radius 2 is 2.04 bits per heavy atom. The lowest BCUT2D eigenvalue weighted by atomic mass is 10.2. The van der Waals surface area contributed by atoms with Gasteiger partial charge in [-0.15, -0.1) is 0 Å². The Kier molecular flexibility index (Phi) is 5.57. The van der Waals surface area contributed by atoms with Gasteiger partial charge in [-0.1, -0.05) is 0 Å². The van der Waals surface area contributed by atoms with Crippen molar-refractivity contribution in [2.45, 2.75) is 38.8 Å². The zero-order chi connectivity index (χ0) is 18.8. The molecule has 0 aromatic carbocycles. The van der Waals surface area contributed by atoms with Crippen LogP contribution in [0.5, 0.6) is 0 Å². The Morgan fingerprint density at radius 1 is 1.36 bits per heavy atom. The van der Waals surface area contributed by atoms with Gasteiger partial charge in [-0.05, 0) is 52.7 Å². The van der Waals surface area contributed by atoms with Crippen molar-refractivity contribution in [2.24, 2.45) is 0 Å². The number of aromatic nitrogens is 1. The predicted octanol–water partition coefficient (Wildman–Crippen LogP) is 2.07. The fourth-order valence-electron chi connectivity index (χ4n) is 2.49. The third-order valence-corrected chi connectivity index (χ3v) is 5.08. The topological polar surface area (TPSA) is 88.6 Å². The third-order valence-electron chi connectivity index (χ3n) is 3.73. The standard InChI is InChI=1S/C17H26N3O4P/c1-17(2,3)24-16(22)20-9-7-13(11-20)19-15(21)12-6-8-18-14(10-12)25(4,5)23/h6,8,10,13H,7,9,11H2,1-5H3,(H,19,21). The highest BCUT2D eigenvalue weighted by atomic mass is 31.2. The Labute approximate surface area is 148 Å². The van der Waals surface area contributed by atoms with Crippen LogP contribution in [0.15, 0.2) is 18.3 Å². The smallest absolute Gasteiger partial charge is 0.410 e. The van der Waals surface area contributed by atoms with E-state index in [0.717, 1.165) is 0 Å². The highest BCUT2D eigenvalue weighted by molar-refractivity contribution is 7.69. The van der Waals surface area contributed by atoms with E-state index >= 15 is 0 Å². The number of carbonyl (C=O) groups excluding carboxylic acids is 2. The Morgan fingerprint density at radius 3 is 2.64 bits per heavy atom. The molecule has 1 atom stereocenters. The third kappa shape index (κ3) is 5.56. The maximum absolute atomic E-state index is 12.4. The summed E-state index contributed by atoms with van der Waals surface area (Å²) in [5.41, 5.74) is 0.312. The summed E-state index contributed by atoms with van der Waals surface area (Å²) in [7, 11) is -2.52. The first-order valence-electron chi connectivity index (χ1n) is 8.26. The zero-order valence-corrected chi connectivity index (χ0v) is 16.3. The van der Waals surface area contributed by atoms with Crippen LogP contribution in [0.4, 0.5) is 4.79 Å². The second-order valence-electron chi connectivity index (χ2n) is 7.64. The highest BCUT2D eigenvalue weighted by Gasteiger charge is 2.30. The number of hydrogen-bond donors (Lipinski definition) is 1. The quantitative estimate of drug-likeness (QED) is 0.826. The SMILES string of the molecule is CC(C)(C)OC(=O)N1CCC(NC(=O)c2ccnc(P(C)(C)=O)c2)C1. The summed E-state index contributed by atoms with van der Waals surface area (Å²) in [6.45, 7) is 9.66. The molecule has 8 heteroatoms. The van der Waals surface area contributed by atoms with Crippen molar-refractivity contribution >= 4 is 24.6 Å². The number of amides is 2. The molecule has 0 radical (unpaired) electrons. The van der Waals surface area contributed by atoms with Crippen LogP contribution in [-0.2, 0) is 9.30 Å². The fourth-order valence-corrected chi connectivity index (χ4v) is 3.29. The van der Waals surface area contributed by atoms with Crippen molar-refractivity contribution in [2.75, 3.05) is 26.4 Å². The van der Waals surface area contributed by atoms with Crippen molar-refractivity contribution in [1.82, 2.24) is 15.2 Å². The van der Waals surface area contributed by atoms with E-state index in [1.807, 2.05) is 20.8 Å². The molecule has 0 bridgehead atoms. The molecule has 1 aromatic rings. The van der Waals surface area contributed by atoms with Crippen LogP contribution in [0.1, 0.15) is 37.6 Å². The first kappa shape index (κ1) is 19.4. The van der Waals surface area contributed by atoms with Gasteiger partial charge in [0.1, 0.15) is 18.2 Å². The molecular weight excluding hydrogens is 341 g/mol. The summed E-state index contributed by atoms with van der Waals surface area (Å²) in [5.74, 6) is -0.256. The lowest BCUT2D eigenvalue weighted by Crippen LogP contribution is -2.40. The van der Waals surface area contributed by atoms with E-state index in [9.17, 15) is 14.2 Å². The van der Waals surface area contributed by atoms with E-state index in [0.29, 0.717) is 30.5 Å². The Balaban J connectivity index is 1.96. The van der Waals surface area contributed by atoms with Gasteiger partial charge in [-0.25, -0.2) is 4.79 Å². The summed E-state index contributed by atoms with van der Waals surface area (Å²) in [6, 6.07) is 3.03. The monoisotopic (exact) mass is 367 g/mol. The summed E-state index contributed by atoms with van der Waals surface area (Å²) in [4.78, 5) is 30.2. The fraction of sp³-hybridized carbons (Fsp3) is 0.588. The molecule has 0 aliphatic carbocycles. The minimum Gasteiger partial charge on any atom is -0.444 e. The van der Waals surface area contributed by atoms with Crippen molar-refractivity contribution in [3.63, 3.8) is 0 Å². The molecule has 1 aliphatic rings. The molecule has 0 saturated carbocycles. The van der Waals surface area contributed by atoms with Crippen LogP contribution in [0, 0.1) is 0 Å². The van der Waals surface area contributed by atoms with Gasteiger partial charge in [-0.2, -0.15) is 0 Å². The van der Waals surface area contributed by atoms with Crippen molar-refractivity contribution < 1.29 is 18.9 Å². The Hall–Kier alpha value is -1.88. The number of nitrogens with zero attached hydrogens (tertiary/aromatic N) is 2. The lowest BCUT2D eigenvalue weighted by molar-refractivity contribution is 0.0290.